The van der Waals surface area contributed by atoms with Crippen molar-refractivity contribution in [3.8, 4) is 17.4 Å². The zero-order chi connectivity index (χ0) is 24.8. The monoisotopic (exact) mass is 491 g/mol. The zero-order valence-corrected chi connectivity index (χ0v) is 21.0. The normalized spacial score (nSPS) is 15.9. The number of carbonyl (C=O) groups is 1. The minimum absolute atomic E-state index is 0.00184. The molecule has 182 valence electrons. The van der Waals surface area contributed by atoms with Gasteiger partial charge in [-0.3, -0.25) is 4.79 Å². The lowest BCUT2D eigenvalue weighted by Crippen LogP contribution is -2.51. The van der Waals surface area contributed by atoms with Crippen LogP contribution in [-0.2, 0) is 11.4 Å². The van der Waals surface area contributed by atoms with Gasteiger partial charge in [0.15, 0.2) is 5.75 Å². The molecule has 0 radical (unpaired) electrons. The van der Waals surface area contributed by atoms with Crippen molar-refractivity contribution < 1.29 is 14.3 Å². The number of carbonyl (C=O) groups excluding carboxylic acids is 1. The highest BCUT2D eigenvalue weighted by atomic mass is 35.5. The van der Waals surface area contributed by atoms with Crippen molar-refractivity contribution in [1.29, 1.82) is 0 Å². The van der Waals surface area contributed by atoms with E-state index in [0.29, 0.717) is 35.6 Å². The van der Waals surface area contributed by atoms with Crippen LogP contribution in [0.5, 0.6) is 17.4 Å². The Labute approximate surface area is 211 Å². The molecule has 3 aromatic rings. The Kier molecular flexibility index (Phi) is 8.06. The van der Waals surface area contributed by atoms with Gasteiger partial charge in [-0.15, -0.1) is 0 Å². The molecule has 1 fully saturated rings. The number of hydrogen-bond acceptors (Lipinski definition) is 5. The van der Waals surface area contributed by atoms with Gasteiger partial charge in [-0.2, -0.15) is 0 Å². The SMILES string of the molecule is Cc1ccc(COc2ccc(Oc3c(C)cc(C=CC(=O)N4CCNC[C@H]4C)cc3Cl)nc2)cc1. The molecule has 1 saturated heterocycles. The molecule has 0 saturated carbocycles. The summed E-state index contributed by atoms with van der Waals surface area (Å²) in [5.74, 6) is 1.61. The van der Waals surface area contributed by atoms with Gasteiger partial charge in [0.05, 0.1) is 11.2 Å². The third-order valence-electron chi connectivity index (χ3n) is 5.90. The molecule has 2 aromatic carbocycles. The highest BCUT2D eigenvalue weighted by molar-refractivity contribution is 6.32. The molecule has 6 nitrogen and oxygen atoms in total. The van der Waals surface area contributed by atoms with Gasteiger partial charge in [0.2, 0.25) is 11.8 Å². The molecule has 1 aliphatic rings. The number of piperazine rings is 1. The number of rotatable bonds is 7. The Balaban J connectivity index is 1.37. The number of nitrogens with one attached hydrogen (secondary N) is 1. The van der Waals surface area contributed by atoms with Crippen LogP contribution in [0.2, 0.25) is 5.02 Å². The Morgan fingerprint density at radius 1 is 1.20 bits per heavy atom. The lowest BCUT2D eigenvalue weighted by Gasteiger charge is -2.33. The van der Waals surface area contributed by atoms with Gasteiger partial charge in [-0.25, -0.2) is 4.98 Å². The molecule has 2 heterocycles. The van der Waals surface area contributed by atoms with E-state index in [1.54, 1.807) is 30.5 Å². The summed E-state index contributed by atoms with van der Waals surface area (Å²) in [6.45, 7) is 8.82. The Hall–Kier alpha value is -3.35. The molecule has 0 unspecified atom stereocenters. The summed E-state index contributed by atoms with van der Waals surface area (Å²) >= 11 is 6.52. The number of aromatic nitrogens is 1. The Morgan fingerprint density at radius 2 is 2.00 bits per heavy atom. The van der Waals surface area contributed by atoms with Crippen molar-refractivity contribution in [1.82, 2.24) is 15.2 Å². The second-order valence-corrected chi connectivity index (χ2v) is 9.18. The summed E-state index contributed by atoms with van der Waals surface area (Å²) in [7, 11) is 0. The van der Waals surface area contributed by atoms with E-state index in [9.17, 15) is 4.79 Å². The van der Waals surface area contributed by atoms with Gasteiger partial charge in [0.1, 0.15) is 12.4 Å². The zero-order valence-electron chi connectivity index (χ0n) is 20.3. The van der Waals surface area contributed by atoms with Gasteiger partial charge in [-0.1, -0.05) is 41.4 Å². The molecular formula is C28H30ClN3O3. The molecule has 1 aliphatic heterocycles. The van der Waals surface area contributed by atoms with Crippen LogP contribution in [0, 0.1) is 13.8 Å². The first-order valence-electron chi connectivity index (χ1n) is 11.7. The van der Waals surface area contributed by atoms with Gasteiger partial charge >= 0.3 is 0 Å². The fourth-order valence-electron chi connectivity index (χ4n) is 3.88. The highest BCUT2D eigenvalue weighted by Crippen LogP contribution is 2.34. The first-order chi connectivity index (χ1) is 16.9. The van der Waals surface area contributed by atoms with E-state index in [-0.39, 0.29) is 11.9 Å². The predicted octanol–water partition coefficient (Wildman–Crippen LogP) is 5.56. The molecule has 4 rings (SSSR count). The molecule has 1 atom stereocenters. The second kappa shape index (κ2) is 11.4. The van der Waals surface area contributed by atoms with Crippen LogP contribution < -0.4 is 14.8 Å². The fourth-order valence-corrected chi connectivity index (χ4v) is 4.20. The lowest BCUT2D eigenvalue weighted by atomic mass is 10.1. The maximum absolute atomic E-state index is 12.6. The summed E-state index contributed by atoms with van der Waals surface area (Å²) in [5, 5.41) is 3.74. The Morgan fingerprint density at radius 3 is 2.69 bits per heavy atom. The third-order valence-corrected chi connectivity index (χ3v) is 6.18. The van der Waals surface area contributed by atoms with E-state index in [1.165, 1.54) is 5.56 Å². The summed E-state index contributed by atoms with van der Waals surface area (Å²) in [5.41, 5.74) is 4.00. The molecule has 0 bridgehead atoms. The molecule has 7 heteroatoms. The van der Waals surface area contributed by atoms with E-state index in [2.05, 4.69) is 29.4 Å². The summed E-state index contributed by atoms with van der Waals surface area (Å²) in [4.78, 5) is 18.8. The van der Waals surface area contributed by atoms with Gasteiger partial charge in [0.25, 0.3) is 0 Å². The second-order valence-electron chi connectivity index (χ2n) is 8.78. The van der Waals surface area contributed by atoms with Crippen LogP contribution in [0.25, 0.3) is 6.08 Å². The van der Waals surface area contributed by atoms with Crippen LogP contribution in [-0.4, -0.2) is 41.5 Å². The molecule has 1 aromatic heterocycles. The van der Waals surface area contributed by atoms with Gasteiger partial charge in [0, 0.05) is 37.8 Å². The number of benzene rings is 2. The largest absolute Gasteiger partial charge is 0.487 e. The smallest absolute Gasteiger partial charge is 0.246 e. The highest BCUT2D eigenvalue weighted by Gasteiger charge is 2.21. The van der Waals surface area contributed by atoms with Crippen molar-refractivity contribution in [2.75, 3.05) is 19.6 Å². The van der Waals surface area contributed by atoms with Gasteiger partial charge in [-0.05, 0) is 61.7 Å². The van der Waals surface area contributed by atoms with Crippen LogP contribution in [0.3, 0.4) is 0 Å². The van der Waals surface area contributed by atoms with E-state index in [1.807, 2.05) is 43.0 Å². The van der Waals surface area contributed by atoms with Crippen molar-refractivity contribution >= 4 is 23.6 Å². The molecule has 1 N–H and O–H groups in total. The van der Waals surface area contributed by atoms with E-state index < -0.39 is 0 Å². The van der Waals surface area contributed by atoms with Crippen molar-refractivity contribution in [2.45, 2.75) is 33.4 Å². The predicted molar refractivity (Wildman–Crippen MR) is 139 cm³/mol. The number of nitrogens with zero attached hydrogens (tertiary/aromatic N) is 2. The molecular weight excluding hydrogens is 462 g/mol. The number of halogens is 1. The van der Waals surface area contributed by atoms with E-state index in [4.69, 9.17) is 21.1 Å². The summed E-state index contributed by atoms with van der Waals surface area (Å²) < 4.78 is 11.8. The first kappa shape index (κ1) is 24.8. The van der Waals surface area contributed by atoms with Crippen molar-refractivity contribution in [3.05, 3.63) is 88.1 Å². The average Bonchev–Trinajstić information content (AvgIpc) is 2.85. The third kappa shape index (κ3) is 6.62. The summed E-state index contributed by atoms with van der Waals surface area (Å²) in [6.07, 6.45) is 5.02. The van der Waals surface area contributed by atoms with Crippen LogP contribution in [0.1, 0.15) is 29.2 Å². The fraction of sp³-hybridized carbons (Fsp3) is 0.286. The number of hydrogen-bond donors (Lipinski definition) is 1. The quantitative estimate of drug-likeness (QED) is 0.438. The molecule has 0 spiro atoms. The number of amides is 1. The van der Waals surface area contributed by atoms with E-state index >= 15 is 0 Å². The molecule has 0 aliphatic carbocycles. The number of pyridine rings is 1. The number of aryl methyl sites for hydroxylation is 2. The summed E-state index contributed by atoms with van der Waals surface area (Å²) in [6, 6.07) is 15.7. The standard InChI is InChI=1S/C28H30ClN3O3/c1-19-4-6-22(7-5-19)18-34-24-9-10-26(31-17-24)35-28-20(2)14-23(15-25(28)29)8-11-27(33)32-13-12-30-16-21(32)3/h4-11,14-15,17,21,30H,12-13,16,18H2,1-3H3/t21-/m1/s1. The maximum atomic E-state index is 12.6. The van der Waals surface area contributed by atoms with E-state index in [0.717, 1.165) is 29.8 Å². The van der Waals surface area contributed by atoms with Gasteiger partial charge < -0.3 is 19.7 Å². The number of ether oxygens (including phenoxy) is 2. The van der Waals surface area contributed by atoms with Crippen molar-refractivity contribution in [2.24, 2.45) is 0 Å². The first-order valence-corrected chi connectivity index (χ1v) is 12.1. The average molecular weight is 492 g/mol. The van der Waals surface area contributed by atoms with Crippen LogP contribution >= 0.6 is 11.6 Å². The minimum atomic E-state index is 0.00184. The van der Waals surface area contributed by atoms with Crippen LogP contribution in [0.15, 0.2) is 60.8 Å². The lowest BCUT2D eigenvalue weighted by molar-refractivity contribution is -0.128. The topological polar surface area (TPSA) is 63.7 Å². The molecule has 1 amide bonds. The minimum Gasteiger partial charge on any atom is -0.487 e. The van der Waals surface area contributed by atoms with Crippen LogP contribution in [0.4, 0.5) is 0 Å². The molecule has 35 heavy (non-hydrogen) atoms. The maximum Gasteiger partial charge on any atom is 0.246 e. The van der Waals surface area contributed by atoms with Crippen molar-refractivity contribution in [3.63, 3.8) is 0 Å². The Bertz CT molecular complexity index is 1170.